The van der Waals surface area contributed by atoms with Crippen LogP contribution in [0.1, 0.15) is 45.3 Å². The van der Waals surface area contributed by atoms with Crippen molar-refractivity contribution in [2.24, 2.45) is 0 Å². The van der Waals surface area contributed by atoms with Crippen LogP contribution in [0.5, 0.6) is 0 Å². The molecule has 1 aromatic carbocycles. The lowest BCUT2D eigenvalue weighted by Gasteiger charge is -2.11. The van der Waals surface area contributed by atoms with Gasteiger partial charge in [-0.05, 0) is 30.7 Å². The minimum absolute atomic E-state index is 0.165. The summed E-state index contributed by atoms with van der Waals surface area (Å²) in [5.41, 5.74) is 1.45. The second kappa shape index (κ2) is 6.61. The molecule has 1 aromatic heterocycles. The van der Waals surface area contributed by atoms with Gasteiger partial charge < -0.3 is 9.30 Å². The number of carbonyl (C=O) groups is 2. The Labute approximate surface area is 143 Å². The van der Waals surface area contributed by atoms with E-state index in [1.165, 1.54) is 10.6 Å². The van der Waals surface area contributed by atoms with E-state index < -0.39 is 5.97 Å². The first-order valence-electron chi connectivity index (χ1n) is 7.72. The number of ether oxygens (including phenoxy) is 1. The highest BCUT2D eigenvalue weighted by Gasteiger charge is 2.29. The summed E-state index contributed by atoms with van der Waals surface area (Å²) < 4.78 is 6.43. The Balaban J connectivity index is 2.09. The summed E-state index contributed by atoms with van der Waals surface area (Å²) >= 11 is 5.88. The number of pyridine rings is 1. The number of aromatic nitrogens is 1. The van der Waals surface area contributed by atoms with Crippen molar-refractivity contribution in [1.82, 2.24) is 4.57 Å². The third kappa shape index (κ3) is 2.99. The summed E-state index contributed by atoms with van der Waals surface area (Å²) in [7, 11) is 0. The number of hydrogen-bond donors (Lipinski definition) is 0. The van der Waals surface area contributed by atoms with Crippen LogP contribution in [0.4, 0.5) is 0 Å². The molecule has 0 N–H and O–H groups in total. The second-order valence-electron chi connectivity index (χ2n) is 5.59. The molecular formula is C18H16ClNO4. The molecule has 0 bridgehead atoms. The Morgan fingerprint density at radius 2 is 1.96 bits per heavy atom. The molecule has 0 amide bonds. The molecule has 124 valence electrons. The Morgan fingerprint density at radius 3 is 2.62 bits per heavy atom. The lowest BCUT2D eigenvalue weighted by molar-refractivity contribution is 0.0522. The molecule has 0 unspecified atom stereocenters. The van der Waals surface area contributed by atoms with E-state index in [1.807, 2.05) is 12.1 Å². The van der Waals surface area contributed by atoms with Crippen LogP contribution in [-0.2, 0) is 17.7 Å². The summed E-state index contributed by atoms with van der Waals surface area (Å²) in [6.07, 6.45) is 0.586. The van der Waals surface area contributed by atoms with Crippen LogP contribution in [0.3, 0.4) is 0 Å². The molecule has 2 heterocycles. The van der Waals surface area contributed by atoms with Crippen molar-refractivity contribution in [3.8, 4) is 0 Å². The average molecular weight is 346 g/mol. The number of ketones is 1. The predicted octanol–water partition coefficient (Wildman–Crippen LogP) is 2.86. The maximum Gasteiger partial charge on any atom is 0.340 e. The number of nitrogens with zero attached hydrogens (tertiary/aromatic N) is 1. The van der Waals surface area contributed by atoms with Gasteiger partial charge in [0.2, 0.25) is 0 Å². The monoisotopic (exact) mass is 345 g/mol. The van der Waals surface area contributed by atoms with E-state index in [9.17, 15) is 14.4 Å². The lowest BCUT2D eigenvalue weighted by Crippen LogP contribution is -2.27. The molecule has 0 radical (unpaired) electrons. The zero-order chi connectivity index (χ0) is 17.3. The summed E-state index contributed by atoms with van der Waals surface area (Å²) in [5, 5.41) is 0.613. The Morgan fingerprint density at radius 1 is 1.25 bits per heavy atom. The molecule has 0 saturated carbocycles. The van der Waals surface area contributed by atoms with Gasteiger partial charge in [0.25, 0.3) is 5.56 Å². The molecule has 0 atom stereocenters. The maximum atomic E-state index is 12.6. The summed E-state index contributed by atoms with van der Waals surface area (Å²) in [4.78, 5) is 36.9. The van der Waals surface area contributed by atoms with Crippen molar-refractivity contribution in [3.05, 3.63) is 68.1 Å². The average Bonchev–Trinajstić information content (AvgIpc) is 2.95. The largest absolute Gasteiger partial charge is 0.462 e. The topological polar surface area (TPSA) is 65.4 Å². The number of halogens is 1. The number of hydrogen-bond acceptors (Lipinski definition) is 4. The van der Waals surface area contributed by atoms with Gasteiger partial charge in [-0.3, -0.25) is 9.59 Å². The molecule has 0 saturated heterocycles. The number of esters is 1. The van der Waals surface area contributed by atoms with Gasteiger partial charge in [-0.1, -0.05) is 23.7 Å². The quantitative estimate of drug-likeness (QED) is 0.799. The first kappa shape index (κ1) is 16.5. The highest BCUT2D eigenvalue weighted by atomic mass is 35.5. The van der Waals surface area contributed by atoms with Gasteiger partial charge in [0.05, 0.1) is 12.2 Å². The molecular weight excluding hydrogens is 330 g/mol. The number of fused-ring (bicyclic) bond motifs is 1. The van der Waals surface area contributed by atoms with E-state index >= 15 is 0 Å². The minimum Gasteiger partial charge on any atom is -0.462 e. The highest BCUT2D eigenvalue weighted by molar-refractivity contribution is 6.30. The van der Waals surface area contributed by atoms with Gasteiger partial charge >= 0.3 is 5.97 Å². The third-order valence-electron chi connectivity index (χ3n) is 3.99. The van der Waals surface area contributed by atoms with Crippen molar-refractivity contribution in [2.45, 2.75) is 26.3 Å². The van der Waals surface area contributed by atoms with Gasteiger partial charge in [-0.15, -0.1) is 0 Å². The van der Waals surface area contributed by atoms with Crippen LogP contribution in [0.2, 0.25) is 5.02 Å². The van der Waals surface area contributed by atoms with Crippen LogP contribution in [0, 0.1) is 0 Å². The van der Waals surface area contributed by atoms with Crippen LogP contribution >= 0.6 is 11.6 Å². The Kier molecular flexibility index (Phi) is 4.53. The fourth-order valence-corrected chi connectivity index (χ4v) is 3.01. The van der Waals surface area contributed by atoms with E-state index in [0.29, 0.717) is 23.6 Å². The summed E-state index contributed by atoms with van der Waals surface area (Å²) in [5.74, 6) is -0.776. The van der Waals surface area contributed by atoms with Crippen LogP contribution < -0.4 is 5.56 Å². The van der Waals surface area contributed by atoms with E-state index in [1.54, 1.807) is 19.1 Å². The minimum atomic E-state index is -0.575. The highest BCUT2D eigenvalue weighted by Crippen LogP contribution is 2.21. The fourth-order valence-electron chi connectivity index (χ4n) is 2.88. The van der Waals surface area contributed by atoms with Crippen molar-refractivity contribution in [3.63, 3.8) is 0 Å². The molecule has 24 heavy (non-hydrogen) atoms. The molecule has 0 fully saturated rings. The van der Waals surface area contributed by atoms with Crippen LogP contribution in [-0.4, -0.2) is 22.9 Å². The van der Waals surface area contributed by atoms with E-state index in [2.05, 4.69) is 0 Å². The van der Waals surface area contributed by atoms with Gasteiger partial charge in [0.1, 0.15) is 5.69 Å². The van der Waals surface area contributed by atoms with E-state index in [4.69, 9.17) is 16.3 Å². The van der Waals surface area contributed by atoms with Gasteiger partial charge in [-0.2, -0.15) is 0 Å². The predicted molar refractivity (Wildman–Crippen MR) is 89.9 cm³/mol. The summed E-state index contributed by atoms with van der Waals surface area (Å²) in [6.45, 7) is 2.20. The van der Waals surface area contributed by atoms with Gasteiger partial charge in [0, 0.05) is 30.0 Å². The lowest BCUT2D eigenvalue weighted by atomic mass is 10.0. The second-order valence-corrected chi connectivity index (χ2v) is 6.02. The number of rotatable bonds is 4. The first-order valence-corrected chi connectivity index (χ1v) is 8.10. The van der Waals surface area contributed by atoms with Crippen molar-refractivity contribution >= 4 is 23.4 Å². The number of benzene rings is 1. The third-order valence-corrected chi connectivity index (χ3v) is 4.25. The molecule has 0 spiro atoms. The fraction of sp³-hybridized carbons (Fsp3) is 0.278. The first-order chi connectivity index (χ1) is 11.5. The molecule has 3 rings (SSSR count). The SMILES string of the molecule is CCOC(=O)c1cc(Cc2ccc(Cl)cc2)c(=O)n2c1C(=O)CC2. The molecule has 2 aromatic rings. The van der Waals surface area contributed by atoms with Crippen LogP contribution in [0.15, 0.2) is 35.1 Å². The van der Waals surface area contributed by atoms with Crippen LogP contribution in [0.25, 0.3) is 0 Å². The summed E-state index contributed by atoms with van der Waals surface area (Å²) in [6, 6.07) is 8.64. The molecule has 1 aliphatic heterocycles. The molecule has 6 heteroatoms. The maximum absolute atomic E-state index is 12.6. The van der Waals surface area contributed by atoms with E-state index in [0.717, 1.165) is 5.56 Å². The van der Waals surface area contributed by atoms with Crippen molar-refractivity contribution in [1.29, 1.82) is 0 Å². The molecule has 1 aliphatic rings. The molecule has 0 aliphatic carbocycles. The Hall–Kier alpha value is -2.40. The zero-order valence-corrected chi connectivity index (χ0v) is 13.9. The number of Topliss-reactive ketones (excluding diaryl/α,β-unsaturated/α-hetero) is 1. The van der Waals surface area contributed by atoms with Crippen molar-refractivity contribution < 1.29 is 14.3 Å². The zero-order valence-electron chi connectivity index (χ0n) is 13.2. The van der Waals surface area contributed by atoms with Gasteiger partial charge in [-0.25, -0.2) is 4.79 Å². The Bertz CT molecular complexity index is 868. The molecule has 5 nitrogen and oxygen atoms in total. The van der Waals surface area contributed by atoms with E-state index in [-0.39, 0.29) is 35.6 Å². The smallest absolute Gasteiger partial charge is 0.340 e. The van der Waals surface area contributed by atoms with Crippen molar-refractivity contribution in [2.75, 3.05) is 6.61 Å². The normalized spacial score (nSPS) is 13.0. The number of carbonyl (C=O) groups excluding carboxylic acids is 2. The standard InChI is InChI=1S/C18H16ClNO4/c1-2-24-18(23)14-10-12(9-11-3-5-13(19)6-4-11)17(22)20-8-7-15(21)16(14)20/h3-6,10H,2,7-9H2,1H3. The van der Waals surface area contributed by atoms with Gasteiger partial charge in [0.15, 0.2) is 5.78 Å².